The van der Waals surface area contributed by atoms with E-state index in [4.69, 9.17) is 11.6 Å². The van der Waals surface area contributed by atoms with Crippen LogP contribution >= 0.6 is 11.6 Å². The normalized spacial score (nSPS) is 14.6. The summed E-state index contributed by atoms with van der Waals surface area (Å²) in [6, 6.07) is 6.10. The molecule has 1 aliphatic rings. The molecule has 0 aliphatic carbocycles. The van der Waals surface area contributed by atoms with Gasteiger partial charge >= 0.3 is 0 Å². The van der Waals surface area contributed by atoms with Gasteiger partial charge in [0, 0.05) is 38.5 Å². The average Bonchev–Trinajstić information content (AvgIpc) is 3.16. The molecule has 1 amide bonds. The molecule has 3 heterocycles. The van der Waals surface area contributed by atoms with Crippen LogP contribution in [0.3, 0.4) is 0 Å². The molecule has 2 aromatic heterocycles. The van der Waals surface area contributed by atoms with E-state index in [9.17, 15) is 9.18 Å². The summed E-state index contributed by atoms with van der Waals surface area (Å²) < 4.78 is 15.1. The molecule has 0 atom stereocenters. The maximum atomic E-state index is 13.6. The van der Waals surface area contributed by atoms with Gasteiger partial charge in [-0.15, -0.1) is 16.7 Å². The second kappa shape index (κ2) is 8.05. The molecule has 3 aromatic rings. The molecule has 1 saturated heterocycles. The zero-order valence-corrected chi connectivity index (χ0v) is 15.9. The van der Waals surface area contributed by atoms with Crippen LogP contribution in [0, 0.1) is 5.82 Å². The van der Waals surface area contributed by atoms with Gasteiger partial charge in [0.05, 0.1) is 5.69 Å². The fourth-order valence-corrected chi connectivity index (χ4v) is 3.43. The smallest absolute Gasteiger partial charge is 0.222 e. The largest absolute Gasteiger partial charge is 0.351 e. The fraction of sp³-hybridized carbons (Fsp3) is 0.389. The molecule has 10 heteroatoms. The molecule has 146 valence electrons. The number of anilines is 1. The second-order valence-electron chi connectivity index (χ2n) is 6.51. The third kappa shape index (κ3) is 3.62. The lowest BCUT2D eigenvalue weighted by Gasteiger charge is -2.35. The first-order chi connectivity index (χ1) is 13.7. The number of nitrogens with zero attached hydrogens (tertiary/aromatic N) is 7. The fourth-order valence-electron chi connectivity index (χ4n) is 3.29. The minimum atomic E-state index is -0.356. The lowest BCUT2D eigenvalue weighted by molar-refractivity contribution is -0.131. The van der Waals surface area contributed by atoms with Gasteiger partial charge in [-0.2, -0.15) is 4.68 Å². The maximum Gasteiger partial charge on any atom is 0.222 e. The van der Waals surface area contributed by atoms with E-state index in [0.29, 0.717) is 67.6 Å². The molecule has 0 bridgehead atoms. The van der Waals surface area contributed by atoms with E-state index in [1.807, 2.05) is 4.90 Å². The Bertz CT molecular complexity index is 987. The van der Waals surface area contributed by atoms with Gasteiger partial charge in [0.1, 0.15) is 12.1 Å². The second-order valence-corrected chi connectivity index (χ2v) is 6.89. The summed E-state index contributed by atoms with van der Waals surface area (Å²) in [6.07, 6.45) is 2.62. The van der Waals surface area contributed by atoms with Crippen molar-refractivity contribution in [2.24, 2.45) is 0 Å². The summed E-state index contributed by atoms with van der Waals surface area (Å²) in [4.78, 5) is 24.7. The highest BCUT2D eigenvalue weighted by atomic mass is 35.5. The highest BCUT2D eigenvalue weighted by Crippen LogP contribution is 2.24. The Morgan fingerprint density at radius 2 is 2.00 bits per heavy atom. The molecule has 1 fully saturated rings. The van der Waals surface area contributed by atoms with E-state index in [2.05, 4.69) is 25.2 Å². The van der Waals surface area contributed by atoms with Crippen molar-refractivity contribution in [2.45, 2.75) is 12.8 Å². The summed E-state index contributed by atoms with van der Waals surface area (Å²) in [5.41, 5.74) is 1.60. The van der Waals surface area contributed by atoms with E-state index < -0.39 is 0 Å². The van der Waals surface area contributed by atoms with Crippen LogP contribution in [0.4, 0.5) is 10.2 Å². The predicted molar refractivity (Wildman–Crippen MR) is 103 cm³/mol. The lowest BCUT2D eigenvalue weighted by atomic mass is 10.2. The van der Waals surface area contributed by atoms with E-state index in [1.54, 1.807) is 12.1 Å². The molecular weight excluding hydrogens is 385 g/mol. The van der Waals surface area contributed by atoms with Crippen molar-refractivity contribution in [3.8, 4) is 5.69 Å². The highest BCUT2D eigenvalue weighted by molar-refractivity contribution is 6.17. The maximum absolute atomic E-state index is 13.6. The number of piperazine rings is 1. The molecule has 0 spiro atoms. The van der Waals surface area contributed by atoms with Gasteiger partial charge in [-0.05, 0) is 24.6 Å². The van der Waals surface area contributed by atoms with Crippen LogP contribution in [0.5, 0.6) is 0 Å². The minimum Gasteiger partial charge on any atom is -0.351 e. The molecule has 0 saturated carbocycles. The van der Waals surface area contributed by atoms with Gasteiger partial charge in [-0.3, -0.25) is 4.79 Å². The Kier molecular flexibility index (Phi) is 5.34. The van der Waals surface area contributed by atoms with Crippen molar-refractivity contribution in [1.29, 1.82) is 0 Å². The Balaban J connectivity index is 1.55. The van der Waals surface area contributed by atoms with Crippen LogP contribution in [0.1, 0.15) is 12.8 Å². The lowest BCUT2D eigenvalue weighted by Crippen LogP contribution is -2.49. The van der Waals surface area contributed by atoms with E-state index >= 15 is 0 Å². The van der Waals surface area contributed by atoms with Gasteiger partial charge in [0.25, 0.3) is 0 Å². The minimum absolute atomic E-state index is 0.130. The van der Waals surface area contributed by atoms with Gasteiger partial charge in [0.15, 0.2) is 17.0 Å². The Morgan fingerprint density at radius 3 is 2.75 bits per heavy atom. The molecule has 0 radical (unpaired) electrons. The molecule has 0 N–H and O–H groups in total. The first-order valence-electron chi connectivity index (χ1n) is 9.08. The van der Waals surface area contributed by atoms with Crippen molar-refractivity contribution in [2.75, 3.05) is 37.0 Å². The first kappa shape index (κ1) is 18.5. The summed E-state index contributed by atoms with van der Waals surface area (Å²) >= 11 is 5.67. The molecule has 1 aromatic carbocycles. The quantitative estimate of drug-likeness (QED) is 0.606. The van der Waals surface area contributed by atoms with Gasteiger partial charge in [-0.25, -0.2) is 14.4 Å². The molecule has 28 heavy (non-hydrogen) atoms. The van der Waals surface area contributed by atoms with Crippen molar-refractivity contribution in [1.82, 2.24) is 29.9 Å². The van der Waals surface area contributed by atoms with Gasteiger partial charge < -0.3 is 9.80 Å². The number of carbonyl (C=O) groups is 1. The third-order valence-corrected chi connectivity index (χ3v) is 4.99. The molecule has 0 unspecified atom stereocenters. The molecular formula is C18H19ClFN7O. The number of fused-ring (bicyclic) bond motifs is 1. The summed E-state index contributed by atoms with van der Waals surface area (Å²) in [5, 5.41) is 8.36. The predicted octanol–water partition coefficient (Wildman–Crippen LogP) is 2.02. The Hall–Kier alpha value is -2.81. The average molecular weight is 404 g/mol. The number of alkyl halides is 1. The molecule has 4 rings (SSSR count). The monoisotopic (exact) mass is 403 g/mol. The standard InChI is InChI=1S/C18H19ClFN7O/c19-6-2-5-15(28)25-7-9-26(10-8-25)17-16-18(22-12-21-17)27(24-23-16)14-4-1-3-13(20)11-14/h1,3-4,11-12H,2,5-10H2. The molecule has 1 aliphatic heterocycles. The van der Waals surface area contributed by atoms with E-state index in [0.717, 1.165) is 0 Å². The molecule has 8 nitrogen and oxygen atoms in total. The van der Waals surface area contributed by atoms with E-state index in [1.165, 1.54) is 23.1 Å². The number of hydrogen-bond donors (Lipinski definition) is 0. The van der Waals surface area contributed by atoms with Gasteiger partial charge in [-0.1, -0.05) is 11.3 Å². The third-order valence-electron chi connectivity index (χ3n) is 4.73. The van der Waals surface area contributed by atoms with Crippen LogP contribution in [-0.2, 0) is 4.79 Å². The number of amides is 1. The SMILES string of the molecule is O=C(CCCCl)N1CCN(c2ncnc3c2nnn3-c2cccc(F)c2)CC1. The van der Waals surface area contributed by atoms with Crippen LogP contribution in [-0.4, -0.2) is 67.8 Å². The summed E-state index contributed by atoms with van der Waals surface area (Å²) in [7, 11) is 0. The highest BCUT2D eigenvalue weighted by Gasteiger charge is 2.24. The van der Waals surface area contributed by atoms with Crippen LogP contribution < -0.4 is 4.90 Å². The van der Waals surface area contributed by atoms with Crippen molar-refractivity contribution in [3.05, 3.63) is 36.4 Å². The Labute approximate surface area is 165 Å². The van der Waals surface area contributed by atoms with Crippen LogP contribution in [0.15, 0.2) is 30.6 Å². The number of benzene rings is 1. The number of rotatable bonds is 5. The zero-order valence-electron chi connectivity index (χ0n) is 15.1. The van der Waals surface area contributed by atoms with Crippen molar-refractivity contribution in [3.63, 3.8) is 0 Å². The summed E-state index contributed by atoms with van der Waals surface area (Å²) in [6.45, 7) is 2.52. The Morgan fingerprint density at radius 1 is 1.18 bits per heavy atom. The van der Waals surface area contributed by atoms with Gasteiger partial charge in [0.2, 0.25) is 5.91 Å². The number of carbonyl (C=O) groups excluding carboxylic acids is 1. The van der Waals surface area contributed by atoms with Crippen molar-refractivity contribution < 1.29 is 9.18 Å². The first-order valence-corrected chi connectivity index (χ1v) is 9.62. The number of aromatic nitrogens is 5. The van der Waals surface area contributed by atoms with Crippen LogP contribution in [0.25, 0.3) is 16.9 Å². The number of hydrogen-bond acceptors (Lipinski definition) is 6. The van der Waals surface area contributed by atoms with Crippen LogP contribution in [0.2, 0.25) is 0 Å². The topological polar surface area (TPSA) is 80.0 Å². The zero-order chi connectivity index (χ0) is 19.5. The van der Waals surface area contributed by atoms with Crippen molar-refractivity contribution >= 4 is 34.5 Å². The van der Waals surface area contributed by atoms with E-state index in [-0.39, 0.29) is 11.7 Å². The number of halogens is 2. The summed E-state index contributed by atoms with van der Waals surface area (Å²) in [5.74, 6) is 0.932.